The zero-order valence-electron chi connectivity index (χ0n) is 16.2. The minimum atomic E-state index is -0.359. The molecule has 1 atom stereocenters. The third-order valence-electron chi connectivity index (χ3n) is 4.60. The van der Waals surface area contributed by atoms with Crippen molar-refractivity contribution in [3.05, 3.63) is 21.8 Å². The fourth-order valence-corrected chi connectivity index (χ4v) is 4.98. The van der Waals surface area contributed by atoms with Gasteiger partial charge in [-0.2, -0.15) is 5.26 Å². The summed E-state index contributed by atoms with van der Waals surface area (Å²) in [4.78, 5) is 18.4. The average Bonchev–Trinajstić information content (AvgIpc) is 3.12. The molecule has 2 heterocycles. The molecule has 0 unspecified atom stereocenters. The minimum Gasteiger partial charge on any atom is -0.316 e. The molecule has 2 aromatic heterocycles. The Kier molecular flexibility index (Phi) is 5.92. The second-order valence-electron chi connectivity index (χ2n) is 7.85. The number of nitriles is 1. The van der Waals surface area contributed by atoms with E-state index in [1.54, 1.807) is 11.3 Å². The first-order valence-corrected chi connectivity index (χ1v) is 10.9. The van der Waals surface area contributed by atoms with Gasteiger partial charge in [0, 0.05) is 10.3 Å². The SMILES string of the molecule is C[C@@H](Sc1n[nH]c(C(C)(C)C)n1)C(=O)Nc1sc2c(c1C#N)CCCCC2. The van der Waals surface area contributed by atoms with Crippen molar-refractivity contribution in [1.29, 1.82) is 5.26 Å². The number of anilines is 1. The van der Waals surface area contributed by atoms with Crippen LogP contribution in [0.25, 0.3) is 0 Å². The molecule has 0 spiro atoms. The van der Waals surface area contributed by atoms with E-state index in [-0.39, 0.29) is 16.6 Å². The Hall–Kier alpha value is -1.85. The van der Waals surface area contributed by atoms with Gasteiger partial charge in [0.25, 0.3) is 0 Å². The zero-order valence-corrected chi connectivity index (χ0v) is 17.8. The van der Waals surface area contributed by atoms with Crippen molar-refractivity contribution in [2.75, 3.05) is 5.32 Å². The summed E-state index contributed by atoms with van der Waals surface area (Å²) in [6.07, 6.45) is 5.40. The largest absolute Gasteiger partial charge is 0.316 e. The van der Waals surface area contributed by atoms with Crippen LogP contribution in [0.5, 0.6) is 0 Å². The minimum absolute atomic E-state index is 0.117. The molecule has 0 fully saturated rings. The molecule has 0 saturated heterocycles. The Morgan fingerprint density at radius 3 is 2.74 bits per heavy atom. The van der Waals surface area contributed by atoms with Gasteiger partial charge in [-0.05, 0) is 38.2 Å². The first-order chi connectivity index (χ1) is 12.8. The molecule has 0 radical (unpaired) electrons. The van der Waals surface area contributed by atoms with Gasteiger partial charge in [0.05, 0.1) is 10.8 Å². The van der Waals surface area contributed by atoms with Crippen LogP contribution in [0, 0.1) is 11.3 Å². The van der Waals surface area contributed by atoms with Gasteiger partial charge in [-0.25, -0.2) is 4.98 Å². The third-order valence-corrected chi connectivity index (χ3v) is 6.76. The highest BCUT2D eigenvalue weighted by molar-refractivity contribution is 8.00. The van der Waals surface area contributed by atoms with Crippen LogP contribution < -0.4 is 5.32 Å². The number of H-pyrrole nitrogens is 1. The number of hydrogen-bond acceptors (Lipinski definition) is 6. The van der Waals surface area contributed by atoms with E-state index in [9.17, 15) is 10.1 Å². The van der Waals surface area contributed by atoms with E-state index in [1.165, 1.54) is 23.1 Å². The Balaban J connectivity index is 1.70. The maximum atomic E-state index is 12.7. The lowest BCUT2D eigenvalue weighted by atomic mass is 9.96. The van der Waals surface area contributed by atoms with E-state index >= 15 is 0 Å². The zero-order chi connectivity index (χ0) is 19.6. The van der Waals surface area contributed by atoms with Crippen molar-refractivity contribution < 1.29 is 4.79 Å². The maximum absolute atomic E-state index is 12.7. The van der Waals surface area contributed by atoms with E-state index in [0.29, 0.717) is 15.7 Å². The highest BCUT2D eigenvalue weighted by atomic mass is 32.2. The molecule has 0 aromatic carbocycles. The summed E-state index contributed by atoms with van der Waals surface area (Å²) in [5.74, 6) is 0.668. The van der Waals surface area contributed by atoms with Crippen molar-refractivity contribution in [2.45, 2.75) is 75.6 Å². The number of hydrogen-bond donors (Lipinski definition) is 2. The highest BCUT2D eigenvalue weighted by Crippen LogP contribution is 2.37. The third kappa shape index (κ3) is 4.53. The predicted molar refractivity (Wildman–Crippen MR) is 109 cm³/mol. The standard InChI is InChI=1S/C19H25N5OS2/c1-11(26-18-22-17(23-24-18)19(2,3)4)15(25)21-16-13(10-20)12-8-6-5-7-9-14(12)27-16/h11H,5-9H2,1-4H3,(H,21,25)(H,22,23,24)/t11-/m1/s1. The van der Waals surface area contributed by atoms with Gasteiger partial charge in [-0.15, -0.1) is 16.4 Å². The second kappa shape index (κ2) is 8.03. The average molecular weight is 404 g/mol. The van der Waals surface area contributed by atoms with Crippen LogP contribution in [-0.2, 0) is 23.1 Å². The molecule has 0 bridgehead atoms. The first-order valence-electron chi connectivity index (χ1n) is 9.24. The molecule has 27 heavy (non-hydrogen) atoms. The lowest BCUT2D eigenvalue weighted by Crippen LogP contribution is -2.22. The van der Waals surface area contributed by atoms with Crippen molar-refractivity contribution in [2.24, 2.45) is 0 Å². The van der Waals surface area contributed by atoms with E-state index in [0.717, 1.165) is 37.1 Å². The van der Waals surface area contributed by atoms with Crippen LogP contribution in [0.15, 0.2) is 5.16 Å². The van der Waals surface area contributed by atoms with Gasteiger partial charge in [0.2, 0.25) is 11.1 Å². The number of nitrogens with zero attached hydrogens (tertiary/aromatic N) is 3. The molecule has 2 N–H and O–H groups in total. The maximum Gasteiger partial charge on any atom is 0.238 e. The molecule has 6 nitrogen and oxygen atoms in total. The first kappa shape index (κ1) is 19.9. The number of aromatic amines is 1. The molecule has 8 heteroatoms. The van der Waals surface area contributed by atoms with Crippen LogP contribution in [-0.4, -0.2) is 26.3 Å². The number of rotatable bonds is 4. The van der Waals surface area contributed by atoms with Gasteiger partial charge in [0.1, 0.15) is 16.9 Å². The molecule has 1 aliphatic rings. The number of aryl methyl sites for hydroxylation is 1. The van der Waals surface area contributed by atoms with E-state index in [2.05, 4.69) is 47.3 Å². The van der Waals surface area contributed by atoms with Crippen LogP contribution in [0.2, 0.25) is 0 Å². The molecule has 1 amide bonds. The molecule has 144 valence electrons. The Bertz CT molecular complexity index is 872. The van der Waals surface area contributed by atoms with Crippen molar-refractivity contribution in [1.82, 2.24) is 15.2 Å². The van der Waals surface area contributed by atoms with Gasteiger partial charge in [-0.1, -0.05) is 39.0 Å². The fourth-order valence-electron chi connectivity index (χ4n) is 3.01. The summed E-state index contributed by atoms with van der Waals surface area (Å²) in [7, 11) is 0. The second-order valence-corrected chi connectivity index (χ2v) is 10.3. The summed E-state index contributed by atoms with van der Waals surface area (Å²) in [6, 6.07) is 2.30. The van der Waals surface area contributed by atoms with E-state index in [1.807, 2.05) is 6.92 Å². The number of thiophene rings is 1. The fraction of sp³-hybridized carbons (Fsp3) is 0.579. The van der Waals surface area contributed by atoms with Crippen molar-refractivity contribution in [3.63, 3.8) is 0 Å². The van der Waals surface area contributed by atoms with E-state index < -0.39 is 0 Å². The summed E-state index contributed by atoms with van der Waals surface area (Å²) in [6.45, 7) is 8.00. The summed E-state index contributed by atoms with van der Waals surface area (Å²) < 4.78 is 0. The van der Waals surface area contributed by atoms with Crippen molar-refractivity contribution >= 4 is 34.0 Å². The van der Waals surface area contributed by atoms with Crippen LogP contribution in [0.4, 0.5) is 5.00 Å². The molecule has 2 aromatic rings. The molecule has 0 saturated carbocycles. The monoisotopic (exact) mass is 403 g/mol. The topological polar surface area (TPSA) is 94.5 Å². The Morgan fingerprint density at radius 1 is 1.33 bits per heavy atom. The number of thioether (sulfide) groups is 1. The van der Waals surface area contributed by atoms with Crippen LogP contribution in [0.1, 0.15) is 68.8 Å². The predicted octanol–water partition coefficient (Wildman–Crippen LogP) is 4.42. The summed E-state index contributed by atoms with van der Waals surface area (Å²) in [5, 5.41) is 20.6. The number of fused-ring (bicyclic) bond motifs is 1. The normalized spacial score (nSPS) is 15.5. The smallest absolute Gasteiger partial charge is 0.238 e. The van der Waals surface area contributed by atoms with E-state index in [4.69, 9.17) is 0 Å². The summed E-state index contributed by atoms with van der Waals surface area (Å²) in [5.41, 5.74) is 1.67. The lowest BCUT2D eigenvalue weighted by Gasteiger charge is -2.13. The lowest BCUT2D eigenvalue weighted by molar-refractivity contribution is -0.115. The molecular formula is C19H25N5OS2. The number of amides is 1. The summed E-state index contributed by atoms with van der Waals surface area (Å²) >= 11 is 2.87. The van der Waals surface area contributed by atoms with Gasteiger partial charge < -0.3 is 5.32 Å². The number of carbonyl (C=O) groups is 1. The van der Waals surface area contributed by atoms with Gasteiger partial charge >= 0.3 is 0 Å². The Labute approximate surface area is 168 Å². The number of carbonyl (C=O) groups excluding carboxylic acids is 1. The molecule has 0 aliphatic heterocycles. The highest BCUT2D eigenvalue weighted by Gasteiger charge is 2.25. The van der Waals surface area contributed by atoms with Gasteiger partial charge in [-0.3, -0.25) is 9.89 Å². The number of aromatic nitrogens is 3. The molecule has 1 aliphatic carbocycles. The number of nitrogens with one attached hydrogen (secondary N) is 2. The van der Waals surface area contributed by atoms with Crippen LogP contribution in [0.3, 0.4) is 0 Å². The van der Waals surface area contributed by atoms with Crippen LogP contribution >= 0.6 is 23.1 Å². The van der Waals surface area contributed by atoms with Crippen molar-refractivity contribution in [3.8, 4) is 6.07 Å². The molecular weight excluding hydrogens is 378 g/mol. The Morgan fingerprint density at radius 2 is 2.07 bits per heavy atom. The molecule has 3 rings (SSSR count). The quantitative estimate of drug-likeness (QED) is 0.582. The van der Waals surface area contributed by atoms with Gasteiger partial charge in [0.15, 0.2) is 0 Å².